The monoisotopic (exact) mass is 127 g/mol. The zero-order chi connectivity index (χ0) is 6.10. The standard InChI is InChI=1S/C6H13N3/c1-2-8-6-4-7-3-5(1)9-6/h5-9H,1-4H2/t5-,6+/m0/s1. The smallest absolute Gasteiger partial charge is 0.0703 e. The van der Waals surface area contributed by atoms with Gasteiger partial charge in [0.1, 0.15) is 0 Å². The van der Waals surface area contributed by atoms with Gasteiger partial charge in [0.2, 0.25) is 0 Å². The molecule has 2 aliphatic heterocycles. The Balaban J connectivity index is 1.96. The Labute approximate surface area is 55.2 Å². The van der Waals surface area contributed by atoms with Crippen molar-refractivity contribution in [3.8, 4) is 0 Å². The van der Waals surface area contributed by atoms with Crippen molar-refractivity contribution in [3.63, 3.8) is 0 Å². The van der Waals surface area contributed by atoms with E-state index in [0.717, 1.165) is 19.1 Å². The summed E-state index contributed by atoms with van der Waals surface area (Å²) < 4.78 is 0. The first-order valence-electron chi connectivity index (χ1n) is 3.65. The van der Waals surface area contributed by atoms with Crippen LogP contribution >= 0.6 is 0 Å². The lowest BCUT2D eigenvalue weighted by Gasteiger charge is -2.37. The molecule has 0 spiro atoms. The SMILES string of the molecule is C1C[C@H]2CNC[C@H](N1)N2. The van der Waals surface area contributed by atoms with Crippen molar-refractivity contribution in [3.05, 3.63) is 0 Å². The van der Waals surface area contributed by atoms with Crippen LogP contribution in [0.4, 0.5) is 0 Å². The van der Waals surface area contributed by atoms with Gasteiger partial charge in [0, 0.05) is 19.1 Å². The van der Waals surface area contributed by atoms with E-state index >= 15 is 0 Å². The zero-order valence-electron chi connectivity index (χ0n) is 5.48. The van der Waals surface area contributed by atoms with Gasteiger partial charge in [0.05, 0.1) is 6.17 Å². The van der Waals surface area contributed by atoms with Crippen LogP contribution in [0.3, 0.4) is 0 Å². The van der Waals surface area contributed by atoms with Crippen molar-refractivity contribution < 1.29 is 0 Å². The minimum atomic E-state index is 0.539. The lowest BCUT2D eigenvalue weighted by molar-refractivity contribution is 0.242. The Morgan fingerprint density at radius 1 is 1.22 bits per heavy atom. The van der Waals surface area contributed by atoms with E-state index in [4.69, 9.17) is 0 Å². The normalized spacial score (nSPS) is 42.7. The van der Waals surface area contributed by atoms with Gasteiger partial charge in [0.25, 0.3) is 0 Å². The number of rotatable bonds is 0. The quantitative estimate of drug-likeness (QED) is 0.385. The first kappa shape index (κ1) is 5.65. The summed E-state index contributed by atoms with van der Waals surface area (Å²) in [6.07, 6.45) is 1.81. The van der Waals surface area contributed by atoms with Crippen LogP contribution in [-0.2, 0) is 0 Å². The highest BCUT2D eigenvalue weighted by Gasteiger charge is 2.23. The van der Waals surface area contributed by atoms with Gasteiger partial charge < -0.3 is 10.6 Å². The van der Waals surface area contributed by atoms with Crippen LogP contribution in [0.15, 0.2) is 0 Å². The molecule has 2 heterocycles. The van der Waals surface area contributed by atoms with Crippen molar-refractivity contribution in [2.45, 2.75) is 18.6 Å². The third-order valence-corrected chi connectivity index (χ3v) is 2.06. The summed E-state index contributed by atoms with van der Waals surface area (Å²) in [6.45, 7) is 3.42. The second kappa shape index (κ2) is 2.25. The lowest BCUT2D eigenvalue weighted by atomic mass is 10.1. The molecule has 0 unspecified atom stereocenters. The molecule has 3 N–H and O–H groups in total. The highest BCUT2D eigenvalue weighted by atomic mass is 15.2. The van der Waals surface area contributed by atoms with E-state index in [1.54, 1.807) is 0 Å². The van der Waals surface area contributed by atoms with Crippen LogP contribution in [0.5, 0.6) is 0 Å². The second-order valence-corrected chi connectivity index (χ2v) is 2.82. The van der Waals surface area contributed by atoms with Gasteiger partial charge in [-0.25, -0.2) is 0 Å². The Morgan fingerprint density at radius 3 is 3.00 bits per heavy atom. The van der Waals surface area contributed by atoms with Crippen LogP contribution < -0.4 is 16.0 Å². The third-order valence-electron chi connectivity index (χ3n) is 2.06. The number of fused-ring (bicyclic) bond motifs is 2. The largest absolute Gasteiger partial charge is 0.312 e. The average Bonchev–Trinajstić information content (AvgIpc) is 1.88. The van der Waals surface area contributed by atoms with Crippen LogP contribution in [0, 0.1) is 0 Å². The maximum Gasteiger partial charge on any atom is 0.0703 e. The van der Waals surface area contributed by atoms with Gasteiger partial charge in [-0.2, -0.15) is 0 Å². The molecule has 9 heavy (non-hydrogen) atoms. The molecule has 3 nitrogen and oxygen atoms in total. The average molecular weight is 127 g/mol. The molecule has 2 fully saturated rings. The van der Waals surface area contributed by atoms with Crippen LogP contribution in [0.25, 0.3) is 0 Å². The minimum absolute atomic E-state index is 0.539. The van der Waals surface area contributed by atoms with Crippen LogP contribution in [0.2, 0.25) is 0 Å². The van der Waals surface area contributed by atoms with E-state index in [1.165, 1.54) is 13.0 Å². The van der Waals surface area contributed by atoms with E-state index in [2.05, 4.69) is 16.0 Å². The van der Waals surface area contributed by atoms with Gasteiger partial charge >= 0.3 is 0 Å². The molecular weight excluding hydrogens is 114 g/mol. The lowest BCUT2D eigenvalue weighted by Crippen LogP contribution is -2.64. The number of nitrogens with one attached hydrogen (secondary N) is 3. The molecule has 0 saturated carbocycles. The maximum absolute atomic E-state index is 3.48. The van der Waals surface area contributed by atoms with Crippen LogP contribution in [0.1, 0.15) is 6.42 Å². The molecule has 52 valence electrons. The van der Waals surface area contributed by atoms with Crippen molar-refractivity contribution in [2.75, 3.05) is 19.6 Å². The maximum atomic E-state index is 3.48. The summed E-state index contributed by atoms with van der Waals surface area (Å²) in [4.78, 5) is 0. The first-order chi connectivity index (χ1) is 4.45. The topological polar surface area (TPSA) is 36.1 Å². The Kier molecular flexibility index (Phi) is 1.41. The van der Waals surface area contributed by atoms with E-state index in [1.807, 2.05) is 0 Å². The molecule has 2 saturated heterocycles. The van der Waals surface area contributed by atoms with Crippen molar-refractivity contribution in [1.29, 1.82) is 0 Å². The fraction of sp³-hybridized carbons (Fsp3) is 1.00. The summed E-state index contributed by atoms with van der Waals surface area (Å²) in [7, 11) is 0. The fourth-order valence-corrected chi connectivity index (χ4v) is 1.55. The van der Waals surface area contributed by atoms with E-state index < -0.39 is 0 Å². The summed E-state index contributed by atoms with van der Waals surface area (Å²) in [5.41, 5.74) is 0. The fourth-order valence-electron chi connectivity index (χ4n) is 1.55. The first-order valence-corrected chi connectivity index (χ1v) is 3.65. The molecule has 2 atom stereocenters. The molecule has 0 aliphatic carbocycles. The van der Waals surface area contributed by atoms with Gasteiger partial charge in [-0.15, -0.1) is 0 Å². The highest BCUT2D eigenvalue weighted by Crippen LogP contribution is 2.01. The number of hydrogen-bond acceptors (Lipinski definition) is 3. The summed E-state index contributed by atoms with van der Waals surface area (Å²) >= 11 is 0. The van der Waals surface area contributed by atoms with Gasteiger partial charge in [0.15, 0.2) is 0 Å². The highest BCUT2D eigenvalue weighted by molar-refractivity contribution is 4.86. The Hall–Kier alpha value is -0.120. The Morgan fingerprint density at radius 2 is 2.22 bits per heavy atom. The zero-order valence-corrected chi connectivity index (χ0v) is 5.48. The van der Waals surface area contributed by atoms with E-state index in [0.29, 0.717) is 6.17 Å². The summed E-state index contributed by atoms with van der Waals surface area (Å²) in [5.74, 6) is 0. The molecule has 0 aromatic heterocycles. The number of piperazine rings is 1. The molecule has 2 aliphatic rings. The van der Waals surface area contributed by atoms with Crippen molar-refractivity contribution >= 4 is 0 Å². The molecule has 0 aromatic rings. The minimum Gasteiger partial charge on any atom is -0.312 e. The molecular formula is C6H13N3. The summed E-state index contributed by atoms with van der Waals surface area (Å²) in [6, 6.07) is 0.727. The molecule has 0 radical (unpaired) electrons. The molecule has 0 aromatic carbocycles. The predicted molar refractivity (Wildman–Crippen MR) is 36.2 cm³/mol. The molecule has 3 heteroatoms. The van der Waals surface area contributed by atoms with Crippen molar-refractivity contribution in [2.24, 2.45) is 0 Å². The molecule has 2 bridgehead atoms. The number of hydrogen-bond donors (Lipinski definition) is 3. The van der Waals surface area contributed by atoms with E-state index in [-0.39, 0.29) is 0 Å². The van der Waals surface area contributed by atoms with Crippen molar-refractivity contribution in [1.82, 2.24) is 16.0 Å². The third kappa shape index (κ3) is 1.08. The Bertz CT molecular complexity index is 84.5. The van der Waals surface area contributed by atoms with Gasteiger partial charge in [-0.3, -0.25) is 5.32 Å². The predicted octanol–water partition coefficient (Wildman–Crippen LogP) is -1.13. The molecule has 0 amide bonds. The second-order valence-electron chi connectivity index (χ2n) is 2.82. The molecule has 2 rings (SSSR count). The van der Waals surface area contributed by atoms with Gasteiger partial charge in [-0.05, 0) is 13.0 Å². The van der Waals surface area contributed by atoms with E-state index in [9.17, 15) is 0 Å². The van der Waals surface area contributed by atoms with Crippen LogP contribution in [-0.4, -0.2) is 31.8 Å². The van der Waals surface area contributed by atoms with Gasteiger partial charge in [-0.1, -0.05) is 0 Å². The summed E-state index contributed by atoms with van der Waals surface area (Å²) in [5, 5.41) is 10.2.